The molecule has 0 saturated carbocycles. The van der Waals surface area contributed by atoms with Crippen LogP contribution < -0.4 is 0 Å². The molecule has 1 heterocycles. The molecule has 0 fully saturated rings. The van der Waals surface area contributed by atoms with Crippen LogP contribution in [0.3, 0.4) is 0 Å². The number of carbonyl (C=O) groups excluding carboxylic acids is 1. The summed E-state index contributed by atoms with van der Waals surface area (Å²) >= 11 is 0. The number of esters is 1. The van der Waals surface area contributed by atoms with Gasteiger partial charge in [0, 0.05) is 5.56 Å². The first kappa shape index (κ1) is 12.1. The number of rotatable bonds is 3. The number of ether oxygens (including phenoxy) is 2. The highest BCUT2D eigenvalue weighted by atomic mass is 16.5. The molecule has 5 nitrogen and oxygen atoms in total. The van der Waals surface area contributed by atoms with Gasteiger partial charge in [0.25, 0.3) is 0 Å². The largest absolute Gasteiger partial charge is 0.473 e. The fourth-order valence-electron chi connectivity index (χ4n) is 1.82. The SMILES string of the molecule is CCOC(=O)C1N=COC1c1ccccc1C#N. The first-order valence-corrected chi connectivity index (χ1v) is 5.60. The Morgan fingerprint density at radius 2 is 2.33 bits per heavy atom. The second-order valence-corrected chi connectivity index (χ2v) is 3.71. The molecule has 1 aromatic carbocycles. The van der Waals surface area contributed by atoms with Crippen molar-refractivity contribution in [2.45, 2.75) is 19.1 Å². The Labute approximate surface area is 105 Å². The number of aliphatic imine (C=N–C) groups is 1. The highest BCUT2D eigenvalue weighted by Gasteiger charge is 2.36. The summed E-state index contributed by atoms with van der Waals surface area (Å²) in [5.74, 6) is -0.441. The Morgan fingerprint density at radius 1 is 1.56 bits per heavy atom. The summed E-state index contributed by atoms with van der Waals surface area (Å²) in [6, 6.07) is 8.33. The summed E-state index contributed by atoms with van der Waals surface area (Å²) < 4.78 is 10.3. The molecule has 2 rings (SSSR count). The molecular formula is C13H12N2O3. The van der Waals surface area contributed by atoms with E-state index in [1.165, 1.54) is 6.40 Å². The van der Waals surface area contributed by atoms with Crippen molar-refractivity contribution in [1.82, 2.24) is 0 Å². The van der Waals surface area contributed by atoms with Gasteiger partial charge in [0.15, 0.2) is 18.5 Å². The summed E-state index contributed by atoms with van der Waals surface area (Å²) in [7, 11) is 0. The van der Waals surface area contributed by atoms with Crippen LogP contribution in [0.25, 0.3) is 0 Å². The predicted octanol–water partition coefficient (Wildman–Crippen LogP) is 1.59. The van der Waals surface area contributed by atoms with Gasteiger partial charge in [-0.05, 0) is 13.0 Å². The molecule has 0 saturated heterocycles. The third kappa shape index (κ3) is 2.18. The fourth-order valence-corrected chi connectivity index (χ4v) is 1.82. The normalized spacial score (nSPS) is 21.1. The molecular weight excluding hydrogens is 232 g/mol. The maximum absolute atomic E-state index is 11.7. The minimum absolute atomic E-state index is 0.289. The Kier molecular flexibility index (Phi) is 3.58. The van der Waals surface area contributed by atoms with Gasteiger partial charge in [-0.1, -0.05) is 18.2 Å². The quantitative estimate of drug-likeness (QED) is 0.757. The van der Waals surface area contributed by atoms with Crippen LogP contribution in [0.2, 0.25) is 0 Å². The van der Waals surface area contributed by atoms with Gasteiger partial charge in [0.2, 0.25) is 0 Å². The summed E-state index contributed by atoms with van der Waals surface area (Å²) in [5.41, 5.74) is 1.12. The zero-order chi connectivity index (χ0) is 13.0. The summed E-state index contributed by atoms with van der Waals surface area (Å²) in [6.07, 6.45) is 0.653. The van der Waals surface area contributed by atoms with E-state index in [0.717, 1.165) is 0 Å². The third-order valence-corrected chi connectivity index (χ3v) is 2.63. The molecule has 0 aliphatic carbocycles. The van der Waals surface area contributed by atoms with Crippen LogP contribution in [-0.2, 0) is 14.3 Å². The van der Waals surface area contributed by atoms with Crippen LogP contribution in [-0.4, -0.2) is 25.0 Å². The molecule has 1 aromatic rings. The van der Waals surface area contributed by atoms with Gasteiger partial charge in [-0.15, -0.1) is 0 Å². The maximum atomic E-state index is 11.7. The summed E-state index contributed by atoms with van der Waals surface area (Å²) in [4.78, 5) is 15.7. The van der Waals surface area contributed by atoms with E-state index in [2.05, 4.69) is 11.1 Å². The van der Waals surface area contributed by atoms with Crippen molar-refractivity contribution in [3.05, 3.63) is 35.4 Å². The Bertz CT molecular complexity index is 519. The van der Waals surface area contributed by atoms with E-state index in [1.54, 1.807) is 31.2 Å². The van der Waals surface area contributed by atoms with Gasteiger partial charge in [0.1, 0.15) is 0 Å². The highest BCUT2D eigenvalue weighted by Crippen LogP contribution is 2.29. The summed E-state index contributed by atoms with van der Waals surface area (Å²) in [6.45, 7) is 2.02. The second-order valence-electron chi connectivity index (χ2n) is 3.71. The fraction of sp³-hybridized carbons (Fsp3) is 0.308. The number of hydrogen-bond donors (Lipinski definition) is 0. The third-order valence-electron chi connectivity index (χ3n) is 2.63. The average Bonchev–Trinajstić information content (AvgIpc) is 2.88. The van der Waals surface area contributed by atoms with Crippen molar-refractivity contribution in [2.24, 2.45) is 4.99 Å². The molecule has 0 radical (unpaired) electrons. The zero-order valence-electron chi connectivity index (χ0n) is 9.87. The number of nitrogens with zero attached hydrogens (tertiary/aromatic N) is 2. The topological polar surface area (TPSA) is 71.7 Å². The van der Waals surface area contributed by atoms with E-state index in [-0.39, 0.29) is 6.61 Å². The first-order valence-electron chi connectivity index (χ1n) is 5.60. The molecule has 2 unspecified atom stereocenters. The molecule has 0 amide bonds. The van der Waals surface area contributed by atoms with Crippen molar-refractivity contribution >= 4 is 12.4 Å². The maximum Gasteiger partial charge on any atom is 0.335 e. The standard InChI is InChI=1S/C13H12N2O3/c1-2-17-13(16)11-12(18-8-15-11)10-6-4-3-5-9(10)7-14/h3-6,8,11-12H,2H2,1H3. The van der Waals surface area contributed by atoms with Gasteiger partial charge in [-0.25, -0.2) is 9.79 Å². The lowest BCUT2D eigenvalue weighted by Gasteiger charge is -2.17. The lowest BCUT2D eigenvalue weighted by Crippen LogP contribution is -2.26. The van der Waals surface area contributed by atoms with E-state index in [4.69, 9.17) is 14.7 Å². The lowest BCUT2D eigenvalue weighted by atomic mass is 9.98. The second kappa shape index (κ2) is 5.32. The Morgan fingerprint density at radius 3 is 3.06 bits per heavy atom. The highest BCUT2D eigenvalue weighted by molar-refractivity contribution is 5.80. The van der Waals surface area contributed by atoms with Crippen molar-refractivity contribution in [1.29, 1.82) is 5.26 Å². The summed E-state index contributed by atoms with van der Waals surface area (Å²) in [5, 5.41) is 9.04. The molecule has 0 N–H and O–H groups in total. The molecule has 1 aliphatic heterocycles. The first-order chi connectivity index (χ1) is 8.77. The van der Waals surface area contributed by atoms with Crippen LogP contribution in [0.4, 0.5) is 0 Å². The van der Waals surface area contributed by atoms with Crippen LogP contribution >= 0.6 is 0 Å². The van der Waals surface area contributed by atoms with Crippen molar-refractivity contribution in [3.8, 4) is 6.07 Å². The minimum Gasteiger partial charge on any atom is -0.473 e. The zero-order valence-corrected chi connectivity index (χ0v) is 9.87. The number of hydrogen-bond acceptors (Lipinski definition) is 5. The van der Waals surface area contributed by atoms with Crippen molar-refractivity contribution in [3.63, 3.8) is 0 Å². The lowest BCUT2D eigenvalue weighted by molar-refractivity contribution is -0.146. The molecule has 2 atom stereocenters. The minimum atomic E-state index is -0.737. The van der Waals surface area contributed by atoms with Gasteiger partial charge in [-0.2, -0.15) is 5.26 Å². The van der Waals surface area contributed by atoms with Gasteiger partial charge in [-0.3, -0.25) is 0 Å². The number of carbonyl (C=O) groups is 1. The molecule has 0 aromatic heterocycles. The van der Waals surface area contributed by atoms with Crippen molar-refractivity contribution < 1.29 is 14.3 Å². The molecule has 18 heavy (non-hydrogen) atoms. The number of nitriles is 1. The molecule has 0 spiro atoms. The predicted molar refractivity (Wildman–Crippen MR) is 63.9 cm³/mol. The van der Waals surface area contributed by atoms with E-state index in [9.17, 15) is 4.79 Å². The van der Waals surface area contributed by atoms with Crippen LogP contribution in [0.15, 0.2) is 29.3 Å². The van der Waals surface area contributed by atoms with Gasteiger partial charge in [0.05, 0.1) is 18.2 Å². The van der Waals surface area contributed by atoms with Crippen molar-refractivity contribution in [2.75, 3.05) is 6.61 Å². The van der Waals surface area contributed by atoms with Crippen LogP contribution in [0, 0.1) is 11.3 Å². The average molecular weight is 244 g/mol. The smallest absolute Gasteiger partial charge is 0.335 e. The van der Waals surface area contributed by atoms with E-state index < -0.39 is 18.1 Å². The number of benzene rings is 1. The molecule has 5 heteroatoms. The van der Waals surface area contributed by atoms with E-state index in [0.29, 0.717) is 11.1 Å². The van der Waals surface area contributed by atoms with Gasteiger partial charge >= 0.3 is 5.97 Å². The Hall–Kier alpha value is -2.35. The van der Waals surface area contributed by atoms with Crippen LogP contribution in [0.5, 0.6) is 0 Å². The van der Waals surface area contributed by atoms with E-state index in [1.807, 2.05) is 0 Å². The Balaban J connectivity index is 2.28. The van der Waals surface area contributed by atoms with E-state index >= 15 is 0 Å². The molecule has 1 aliphatic rings. The molecule has 92 valence electrons. The van der Waals surface area contributed by atoms with Gasteiger partial charge < -0.3 is 9.47 Å². The molecule has 0 bridgehead atoms. The monoisotopic (exact) mass is 244 g/mol. The van der Waals surface area contributed by atoms with Crippen LogP contribution in [0.1, 0.15) is 24.2 Å².